The quantitative estimate of drug-likeness (QED) is 0.342. The lowest BCUT2D eigenvalue weighted by Crippen LogP contribution is -2.03. The van der Waals surface area contributed by atoms with Gasteiger partial charge in [-0.1, -0.05) is 6.42 Å². The Bertz CT molecular complexity index is 265. The van der Waals surface area contributed by atoms with Crippen molar-refractivity contribution < 1.29 is 23.6 Å². The van der Waals surface area contributed by atoms with Crippen LogP contribution in [0.2, 0.25) is 0 Å². The fourth-order valence-electron chi connectivity index (χ4n) is 1.31. The first-order valence-electron chi connectivity index (χ1n) is 5.73. The third-order valence-electron chi connectivity index (χ3n) is 2.35. The third-order valence-corrected chi connectivity index (χ3v) is 4.03. The normalized spacial score (nSPS) is 12.1. The first-order chi connectivity index (χ1) is 8.11. The molecule has 0 amide bonds. The molecule has 0 aromatic carbocycles. The van der Waals surface area contributed by atoms with Crippen LogP contribution in [0.25, 0.3) is 0 Å². The van der Waals surface area contributed by atoms with Crippen LogP contribution in [0.4, 0.5) is 0 Å². The van der Waals surface area contributed by atoms with Gasteiger partial charge in [-0.25, -0.2) is 0 Å². The van der Waals surface area contributed by atoms with Gasteiger partial charge in [0.25, 0.3) is 0 Å². The lowest BCUT2D eigenvalue weighted by atomic mass is 10.3. The summed E-state index contributed by atoms with van der Waals surface area (Å²) in [5.74, 6) is -0.437. The van der Waals surface area contributed by atoms with Gasteiger partial charge < -0.3 is 14.0 Å². The van der Waals surface area contributed by atoms with E-state index in [1.807, 2.05) is 0 Å². The molecule has 0 radical (unpaired) electrons. The number of esters is 1. The van der Waals surface area contributed by atoms with Crippen LogP contribution in [0.1, 0.15) is 32.1 Å². The third kappa shape index (κ3) is 9.07. The summed E-state index contributed by atoms with van der Waals surface area (Å²) in [6.45, 7) is 0.692. The average Bonchev–Trinajstić information content (AvgIpc) is 2.34. The smallest absolute Gasteiger partial charge is 0.305 e. The SMILES string of the molecule is COCCCCC[PH](=O)C(=O)CCC(=O)OC. The van der Waals surface area contributed by atoms with Crippen molar-refractivity contribution in [1.29, 1.82) is 0 Å². The van der Waals surface area contributed by atoms with Gasteiger partial charge in [-0.2, -0.15) is 0 Å². The molecule has 6 heteroatoms. The number of hydrogen-bond acceptors (Lipinski definition) is 5. The van der Waals surface area contributed by atoms with Gasteiger partial charge in [0.2, 0.25) is 0 Å². The molecule has 1 atom stereocenters. The van der Waals surface area contributed by atoms with E-state index in [2.05, 4.69) is 4.74 Å². The van der Waals surface area contributed by atoms with Crippen LogP contribution < -0.4 is 0 Å². The molecule has 0 aliphatic carbocycles. The summed E-state index contributed by atoms with van der Waals surface area (Å²) in [6.07, 6.45) is 3.09. The molecule has 0 fully saturated rings. The first-order valence-corrected chi connectivity index (χ1v) is 7.35. The van der Waals surface area contributed by atoms with Crippen molar-refractivity contribution in [3.05, 3.63) is 0 Å². The molecule has 100 valence electrons. The first kappa shape index (κ1) is 16.3. The molecule has 0 saturated heterocycles. The van der Waals surface area contributed by atoms with Crippen molar-refractivity contribution in [3.8, 4) is 0 Å². The van der Waals surface area contributed by atoms with E-state index >= 15 is 0 Å². The summed E-state index contributed by atoms with van der Waals surface area (Å²) < 4.78 is 20.8. The second kappa shape index (κ2) is 10.5. The molecule has 17 heavy (non-hydrogen) atoms. The zero-order valence-electron chi connectivity index (χ0n) is 10.5. The molecule has 0 aromatic rings. The van der Waals surface area contributed by atoms with E-state index in [1.54, 1.807) is 7.11 Å². The molecule has 0 bridgehead atoms. The van der Waals surface area contributed by atoms with Crippen molar-refractivity contribution in [2.24, 2.45) is 0 Å². The van der Waals surface area contributed by atoms with Gasteiger partial charge in [0.1, 0.15) is 7.80 Å². The van der Waals surface area contributed by atoms with E-state index in [9.17, 15) is 14.2 Å². The molecule has 0 saturated carbocycles. The zero-order valence-corrected chi connectivity index (χ0v) is 11.5. The largest absolute Gasteiger partial charge is 0.469 e. The van der Waals surface area contributed by atoms with Crippen LogP contribution in [-0.4, -0.2) is 38.5 Å². The molecule has 0 aromatic heterocycles. The average molecular weight is 264 g/mol. The van der Waals surface area contributed by atoms with Gasteiger partial charge in [0.05, 0.1) is 13.5 Å². The Morgan fingerprint density at radius 3 is 2.35 bits per heavy atom. The van der Waals surface area contributed by atoms with E-state index in [1.165, 1.54) is 7.11 Å². The lowest BCUT2D eigenvalue weighted by Gasteiger charge is -2.02. The van der Waals surface area contributed by atoms with Gasteiger partial charge in [-0.05, 0) is 12.8 Å². The number of rotatable bonds is 10. The molecule has 0 spiro atoms. The van der Waals surface area contributed by atoms with Crippen LogP contribution in [-0.2, 0) is 23.6 Å². The molecule has 1 unspecified atom stereocenters. The monoisotopic (exact) mass is 264 g/mol. The summed E-state index contributed by atoms with van der Waals surface area (Å²) >= 11 is 0. The molecular formula is C11H21O5P. The molecule has 0 heterocycles. The second-order valence-corrected chi connectivity index (χ2v) is 5.63. The Morgan fingerprint density at radius 1 is 1.06 bits per heavy atom. The van der Waals surface area contributed by atoms with Crippen LogP contribution in [0.5, 0.6) is 0 Å². The van der Waals surface area contributed by atoms with E-state index in [0.717, 1.165) is 19.3 Å². The minimum absolute atomic E-state index is 0.0232. The van der Waals surface area contributed by atoms with Crippen molar-refractivity contribution in [2.45, 2.75) is 32.1 Å². The lowest BCUT2D eigenvalue weighted by molar-refractivity contribution is -0.141. The maximum absolute atomic E-state index is 11.5. The van der Waals surface area contributed by atoms with E-state index < -0.39 is 13.8 Å². The Kier molecular flexibility index (Phi) is 10.1. The number of ether oxygens (including phenoxy) is 2. The molecular weight excluding hydrogens is 243 g/mol. The molecule has 0 aliphatic heterocycles. The highest BCUT2D eigenvalue weighted by atomic mass is 31.1. The minimum Gasteiger partial charge on any atom is -0.469 e. The highest BCUT2D eigenvalue weighted by Gasteiger charge is 2.13. The highest BCUT2D eigenvalue weighted by Crippen LogP contribution is 2.26. The van der Waals surface area contributed by atoms with Crippen LogP contribution in [0.3, 0.4) is 0 Å². The number of unbranched alkanes of at least 4 members (excludes halogenated alkanes) is 2. The van der Waals surface area contributed by atoms with E-state index in [-0.39, 0.29) is 18.4 Å². The number of methoxy groups -OCH3 is 2. The van der Waals surface area contributed by atoms with Crippen LogP contribution in [0.15, 0.2) is 0 Å². The van der Waals surface area contributed by atoms with Crippen molar-refractivity contribution in [1.82, 2.24) is 0 Å². The number of hydrogen-bond donors (Lipinski definition) is 0. The summed E-state index contributed by atoms with van der Waals surface area (Å²) in [4.78, 5) is 22.2. The van der Waals surface area contributed by atoms with Crippen LogP contribution in [0, 0.1) is 0 Å². The van der Waals surface area contributed by atoms with Gasteiger partial charge in [0.15, 0.2) is 5.52 Å². The van der Waals surface area contributed by atoms with Crippen molar-refractivity contribution >= 4 is 19.3 Å². The van der Waals surface area contributed by atoms with E-state index in [0.29, 0.717) is 12.8 Å². The summed E-state index contributed by atoms with van der Waals surface area (Å²) in [5, 5.41) is 0. The van der Waals surface area contributed by atoms with Gasteiger partial charge in [-0.15, -0.1) is 0 Å². The van der Waals surface area contributed by atoms with Crippen LogP contribution >= 0.6 is 7.80 Å². The maximum atomic E-state index is 11.5. The predicted molar refractivity (Wildman–Crippen MR) is 65.9 cm³/mol. The standard InChI is InChI=1S/C11H21O5P/c1-15-8-4-3-5-9-17(14)11(13)7-6-10(12)16-2/h17H,3-9H2,1-2H3. The van der Waals surface area contributed by atoms with Gasteiger partial charge in [0, 0.05) is 26.3 Å². The van der Waals surface area contributed by atoms with E-state index in [4.69, 9.17) is 4.74 Å². The van der Waals surface area contributed by atoms with Gasteiger partial charge in [-0.3, -0.25) is 9.59 Å². The van der Waals surface area contributed by atoms with Gasteiger partial charge >= 0.3 is 5.97 Å². The Hall–Kier alpha value is -0.670. The Balaban J connectivity index is 3.61. The number of carbonyl (C=O) groups excluding carboxylic acids is 2. The molecule has 5 nitrogen and oxygen atoms in total. The van der Waals surface area contributed by atoms with Crippen molar-refractivity contribution in [3.63, 3.8) is 0 Å². The maximum Gasteiger partial charge on any atom is 0.305 e. The fraction of sp³-hybridized carbons (Fsp3) is 0.818. The summed E-state index contributed by atoms with van der Waals surface area (Å²) in [6, 6.07) is 0. The number of carbonyl (C=O) groups is 2. The predicted octanol–water partition coefficient (Wildman–Crippen LogP) is 1.84. The summed E-state index contributed by atoms with van der Waals surface area (Å²) in [7, 11) is 0.712. The minimum atomic E-state index is -2.20. The second-order valence-electron chi connectivity index (χ2n) is 3.73. The molecule has 0 N–H and O–H groups in total. The topological polar surface area (TPSA) is 69.7 Å². The molecule has 0 rings (SSSR count). The molecule has 0 aliphatic rings. The Morgan fingerprint density at radius 2 is 1.76 bits per heavy atom. The Labute approximate surface area is 103 Å². The highest BCUT2D eigenvalue weighted by molar-refractivity contribution is 7.63. The zero-order chi connectivity index (χ0) is 13.1. The summed E-state index contributed by atoms with van der Waals surface area (Å²) in [5.41, 5.74) is -0.299. The fourth-order valence-corrected chi connectivity index (χ4v) is 2.56. The van der Waals surface area contributed by atoms with Crippen molar-refractivity contribution in [2.75, 3.05) is 27.0 Å².